The fourth-order valence-electron chi connectivity index (χ4n) is 3.06. The van der Waals surface area contributed by atoms with Crippen molar-refractivity contribution in [2.45, 2.75) is 25.7 Å². The van der Waals surface area contributed by atoms with E-state index in [2.05, 4.69) is 11.4 Å². The van der Waals surface area contributed by atoms with Crippen LogP contribution in [0.15, 0.2) is 48.5 Å². The third kappa shape index (κ3) is 4.25. The Bertz CT molecular complexity index is 756. The molecule has 3 N–H and O–H groups in total. The molecule has 0 radical (unpaired) electrons. The third-order valence-electron chi connectivity index (χ3n) is 4.39. The van der Waals surface area contributed by atoms with Gasteiger partial charge in [-0.05, 0) is 48.7 Å². The zero-order chi connectivity index (χ0) is 17.6. The van der Waals surface area contributed by atoms with E-state index in [-0.39, 0.29) is 11.8 Å². The second-order valence-corrected chi connectivity index (χ2v) is 6.24. The number of nitrogens with two attached hydrogens (primary N) is 1. The highest BCUT2D eigenvalue weighted by molar-refractivity contribution is 5.97. The van der Waals surface area contributed by atoms with Crippen LogP contribution in [0, 0.1) is 0 Å². The number of carbonyl (C=O) groups excluding carboxylic acids is 2. The lowest BCUT2D eigenvalue weighted by molar-refractivity contribution is -0.118. The van der Waals surface area contributed by atoms with Crippen LogP contribution in [0.2, 0.25) is 0 Å². The number of amides is 2. The average molecular weight is 337 g/mol. The highest BCUT2D eigenvalue weighted by Crippen LogP contribution is 2.28. The molecule has 5 nitrogen and oxygen atoms in total. The molecule has 1 heterocycles. The van der Waals surface area contributed by atoms with Crippen molar-refractivity contribution >= 4 is 23.2 Å². The van der Waals surface area contributed by atoms with E-state index < -0.39 is 0 Å². The van der Waals surface area contributed by atoms with Crippen molar-refractivity contribution < 1.29 is 9.59 Å². The van der Waals surface area contributed by atoms with Gasteiger partial charge in [0.1, 0.15) is 0 Å². The van der Waals surface area contributed by atoms with E-state index in [9.17, 15) is 9.59 Å². The summed E-state index contributed by atoms with van der Waals surface area (Å²) in [7, 11) is 0. The summed E-state index contributed by atoms with van der Waals surface area (Å²) in [6, 6.07) is 15.5. The summed E-state index contributed by atoms with van der Waals surface area (Å²) in [4.78, 5) is 26.2. The van der Waals surface area contributed by atoms with Crippen molar-refractivity contribution in [2.75, 3.05) is 23.3 Å². The van der Waals surface area contributed by atoms with Gasteiger partial charge in [0.2, 0.25) is 11.8 Å². The molecule has 1 aliphatic heterocycles. The Morgan fingerprint density at radius 3 is 2.60 bits per heavy atom. The van der Waals surface area contributed by atoms with Crippen molar-refractivity contribution in [3.63, 3.8) is 0 Å². The van der Waals surface area contributed by atoms with E-state index in [1.54, 1.807) is 0 Å². The van der Waals surface area contributed by atoms with Crippen LogP contribution in [-0.4, -0.2) is 24.9 Å². The molecule has 0 fully saturated rings. The fourth-order valence-corrected chi connectivity index (χ4v) is 3.06. The van der Waals surface area contributed by atoms with E-state index in [4.69, 9.17) is 5.73 Å². The summed E-state index contributed by atoms with van der Waals surface area (Å²) in [6.45, 7) is 1.25. The molecule has 0 atom stereocenters. The van der Waals surface area contributed by atoms with Gasteiger partial charge in [-0.25, -0.2) is 0 Å². The van der Waals surface area contributed by atoms with Gasteiger partial charge in [0.05, 0.1) is 6.42 Å². The van der Waals surface area contributed by atoms with Crippen LogP contribution >= 0.6 is 0 Å². The van der Waals surface area contributed by atoms with Crippen molar-refractivity contribution in [3.8, 4) is 0 Å². The Hall–Kier alpha value is -2.66. The molecule has 0 bridgehead atoms. The molecule has 2 aromatic carbocycles. The molecule has 0 aromatic heterocycles. The van der Waals surface area contributed by atoms with Crippen LogP contribution in [0.5, 0.6) is 0 Å². The molecular formula is C20H23N3O2. The van der Waals surface area contributed by atoms with Gasteiger partial charge in [-0.15, -0.1) is 0 Å². The summed E-state index contributed by atoms with van der Waals surface area (Å²) < 4.78 is 0. The minimum Gasteiger partial charge on any atom is -0.330 e. The van der Waals surface area contributed by atoms with E-state index in [1.807, 2.05) is 47.4 Å². The van der Waals surface area contributed by atoms with Gasteiger partial charge < -0.3 is 16.0 Å². The fraction of sp³-hybridized carbons (Fsp3) is 0.300. The van der Waals surface area contributed by atoms with Crippen molar-refractivity contribution in [2.24, 2.45) is 5.73 Å². The van der Waals surface area contributed by atoms with E-state index in [1.165, 1.54) is 5.56 Å². The number of para-hydroxylation sites is 1. The predicted molar refractivity (Wildman–Crippen MR) is 99.6 cm³/mol. The summed E-state index contributed by atoms with van der Waals surface area (Å²) in [6.07, 6.45) is 2.37. The minimum atomic E-state index is -0.0389. The number of hydrogen-bond donors (Lipinski definition) is 2. The first kappa shape index (κ1) is 17.2. The van der Waals surface area contributed by atoms with Crippen LogP contribution in [0.1, 0.15) is 24.0 Å². The molecule has 130 valence electrons. The van der Waals surface area contributed by atoms with E-state index in [0.717, 1.165) is 29.9 Å². The largest absolute Gasteiger partial charge is 0.330 e. The smallest absolute Gasteiger partial charge is 0.231 e. The van der Waals surface area contributed by atoms with E-state index >= 15 is 0 Å². The first-order valence-corrected chi connectivity index (χ1v) is 8.64. The maximum atomic E-state index is 12.6. The van der Waals surface area contributed by atoms with Crippen LogP contribution < -0.4 is 16.0 Å². The normalized spacial score (nSPS) is 12.8. The number of benzene rings is 2. The topological polar surface area (TPSA) is 75.4 Å². The molecule has 0 saturated carbocycles. The molecule has 1 aliphatic rings. The molecule has 2 aromatic rings. The lowest BCUT2D eigenvalue weighted by atomic mass is 10.1. The Kier molecular flexibility index (Phi) is 5.46. The minimum absolute atomic E-state index is 0.0389. The SMILES string of the molecule is NCCCC(=O)Nc1ccc(CC(=O)N2CCc3ccccc32)cc1. The van der Waals surface area contributed by atoms with E-state index in [0.29, 0.717) is 25.8 Å². The van der Waals surface area contributed by atoms with Gasteiger partial charge in [0, 0.05) is 24.3 Å². The lowest BCUT2D eigenvalue weighted by Gasteiger charge is -2.17. The third-order valence-corrected chi connectivity index (χ3v) is 4.39. The average Bonchev–Trinajstić information content (AvgIpc) is 3.06. The second-order valence-electron chi connectivity index (χ2n) is 6.24. The molecule has 2 amide bonds. The molecule has 3 rings (SSSR count). The number of hydrogen-bond acceptors (Lipinski definition) is 3. The number of carbonyl (C=O) groups is 2. The quantitative estimate of drug-likeness (QED) is 0.850. The molecular weight excluding hydrogens is 314 g/mol. The van der Waals surface area contributed by atoms with Gasteiger partial charge in [0.15, 0.2) is 0 Å². The summed E-state index contributed by atoms with van der Waals surface area (Å²) in [5.41, 5.74) is 9.33. The molecule has 25 heavy (non-hydrogen) atoms. The number of anilines is 2. The molecule has 0 aliphatic carbocycles. The highest BCUT2D eigenvalue weighted by atomic mass is 16.2. The first-order chi connectivity index (χ1) is 12.2. The lowest BCUT2D eigenvalue weighted by Crippen LogP contribution is -2.30. The molecule has 5 heteroatoms. The van der Waals surface area contributed by atoms with Gasteiger partial charge >= 0.3 is 0 Å². The monoisotopic (exact) mass is 337 g/mol. The van der Waals surface area contributed by atoms with Crippen LogP contribution in [-0.2, 0) is 22.4 Å². The summed E-state index contributed by atoms with van der Waals surface area (Å²) in [5, 5.41) is 2.84. The van der Waals surface area contributed by atoms with Gasteiger partial charge in [0.25, 0.3) is 0 Å². The molecule has 0 spiro atoms. The number of rotatable bonds is 6. The standard InChI is InChI=1S/C20H23N3O2/c21-12-3-6-19(24)22-17-9-7-15(8-10-17)14-20(25)23-13-11-16-4-1-2-5-18(16)23/h1-2,4-5,7-10H,3,6,11-14,21H2,(H,22,24). The van der Waals surface area contributed by atoms with Crippen molar-refractivity contribution in [1.82, 2.24) is 0 Å². The maximum absolute atomic E-state index is 12.6. The predicted octanol–water partition coefficient (Wildman–Crippen LogP) is 2.50. The van der Waals surface area contributed by atoms with Gasteiger partial charge in [-0.1, -0.05) is 30.3 Å². The number of nitrogens with one attached hydrogen (secondary N) is 1. The van der Waals surface area contributed by atoms with Gasteiger partial charge in [-0.3, -0.25) is 9.59 Å². The van der Waals surface area contributed by atoms with Crippen molar-refractivity contribution in [3.05, 3.63) is 59.7 Å². The molecule has 0 unspecified atom stereocenters. The van der Waals surface area contributed by atoms with Gasteiger partial charge in [-0.2, -0.15) is 0 Å². The number of fused-ring (bicyclic) bond motifs is 1. The van der Waals surface area contributed by atoms with Crippen LogP contribution in [0.4, 0.5) is 11.4 Å². The second kappa shape index (κ2) is 7.94. The highest BCUT2D eigenvalue weighted by Gasteiger charge is 2.23. The zero-order valence-electron chi connectivity index (χ0n) is 14.2. The van der Waals surface area contributed by atoms with Crippen LogP contribution in [0.3, 0.4) is 0 Å². The zero-order valence-corrected chi connectivity index (χ0v) is 14.2. The first-order valence-electron chi connectivity index (χ1n) is 8.64. The summed E-state index contributed by atoms with van der Waals surface area (Å²) >= 11 is 0. The Morgan fingerprint density at radius 2 is 1.84 bits per heavy atom. The summed E-state index contributed by atoms with van der Waals surface area (Å²) in [5.74, 6) is 0.0626. The maximum Gasteiger partial charge on any atom is 0.231 e. The number of nitrogens with zero attached hydrogens (tertiary/aromatic N) is 1. The molecule has 0 saturated heterocycles. The van der Waals surface area contributed by atoms with Crippen LogP contribution in [0.25, 0.3) is 0 Å². The van der Waals surface area contributed by atoms with Crippen molar-refractivity contribution in [1.29, 1.82) is 0 Å². The Balaban J connectivity index is 1.58. The Morgan fingerprint density at radius 1 is 1.08 bits per heavy atom. The Labute approximate surface area is 147 Å².